The van der Waals surface area contributed by atoms with Gasteiger partial charge in [0, 0.05) is 31.1 Å². The van der Waals surface area contributed by atoms with Crippen molar-refractivity contribution in [2.75, 3.05) is 27.2 Å². The number of halogens is 1. The summed E-state index contributed by atoms with van der Waals surface area (Å²) >= 11 is 0. The van der Waals surface area contributed by atoms with Crippen LogP contribution in [0.25, 0.3) is 5.57 Å². The van der Waals surface area contributed by atoms with E-state index in [1.54, 1.807) is 17.0 Å². The molecule has 30 heavy (non-hydrogen) atoms. The van der Waals surface area contributed by atoms with Crippen molar-refractivity contribution in [2.24, 2.45) is 5.92 Å². The second-order valence-corrected chi connectivity index (χ2v) is 8.08. The number of carbonyl (C=O) groups excluding carboxylic acids is 1. The Hall–Kier alpha value is -2.92. The summed E-state index contributed by atoms with van der Waals surface area (Å²) in [5, 5.41) is 0. The van der Waals surface area contributed by atoms with Crippen LogP contribution in [0.1, 0.15) is 25.3 Å². The van der Waals surface area contributed by atoms with E-state index in [2.05, 4.69) is 37.1 Å². The highest BCUT2D eigenvalue weighted by atomic mass is 19.1. The Labute approximate surface area is 177 Å². The number of carbonyl (C=O) groups is 1. The average Bonchev–Trinajstić information content (AvgIpc) is 2.75. The molecule has 5 heteroatoms. The Morgan fingerprint density at radius 1 is 1.20 bits per heavy atom. The van der Waals surface area contributed by atoms with Gasteiger partial charge >= 0.3 is 0 Å². The first-order valence-corrected chi connectivity index (χ1v) is 10.3. The molecule has 0 saturated heterocycles. The van der Waals surface area contributed by atoms with Crippen LogP contribution < -0.4 is 4.74 Å². The lowest BCUT2D eigenvalue weighted by atomic mass is 9.88. The summed E-state index contributed by atoms with van der Waals surface area (Å²) in [7, 11) is 3.55. The van der Waals surface area contributed by atoms with E-state index in [-0.39, 0.29) is 17.6 Å². The highest BCUT2D eigenvalue weighted by Gasteiger charge is 2.24. The maximum Gasteiger partial charge on any atom is 0.255 e. The van der Waals surface area contributed by atoms with Gasteiger partial charge in [0.2, 0.25) is 0 Å². The summed E-state index contributed by atoms with van der Waals surface area (Å²) in [4.78, 5) is 17.2. The van der Waals surface area contributed by atoms with Gasteiger partial charge in [0.1, 0.15) is 0 Å². The number of rotatable bonds is 3. The maximum absolute atomic E-state index is 14.3. The zero-order valence-electron chi connectivity index (χ0n) is 17.7. The monoisotopic (exact) mass is 406 g/mol. The Kier molecular flexibility index (Phi) is 5.73. The van der Waals surface area contributed by atoms with Gasteiger partial charge in [0.25, 0.3) is 5.91 Å². The SMILES string of the molecule is COc1ccc(C2=CC(=O)N3C=C(C4=CCN(C)CC4)C=CC3=CCC2C)cc1F. The zero-order chi connectivity index (χ0) is 21.3. The van der Waals surface area contributed by atoms with Gasteiger partial charge in [-0.1, -0.05) is 31.2 Å². The highest BCUT2D eigenvalue weighted by Crippen LogP contribution is 2.34. The minimum Gasteiger partial charge on any atom is -0.494 e. The third kappa shape index (κ3) is 4.03. The molecule has 1 atom stereocenters. The molecule has 3 aliphatic heterocycles. The highest BCUT2D eigenvalue weighted by molar-refractivity contribution is 5.98. The lowest BCUT2D eigenvalue weighted by Gasteiger charge is -2.29. The van der Waals surface area contributed by atoms with Crippen LogP contribution in [-0.2, 0) is 4.79 Å². The van der Waals surface area contributed by atoms with E-state index in [0.29, 0.717) is 5.56 Å². The van der Waals surface area contributed by atoms with Gasteiger partial charge in [-0.3, -0.25) is 9.69 Å². The van der Waals surface area contributed by atoms with Crippen LogP contribution in [0.4, 0.5) is 4.39 Å². The molecule has 1 unspecified atom stereocenters. The number of nitrogens with zero attached hydrogens (tertiary/aromatic N) is 2. The normalized spacial score (nSPS) is 22.3. The largest absolute Gasteiger partial charge is 0.494 e. The van der Waals surface area contributed by atoms with Crippen molar-refractivity contribution in [3.05, 3.63) is 83.0 Å². The fourth-order valence-corrected chi connectivity index (χ4v) is 4.08. The van der Waals surface area contributed by atoms with Crippen LogP contribution in [0, 0.1) is 11.7 Å². The first-order chi connectivity index (χ1) is 14.5. The molecule has 156 valence electrons. The van der Waals surface area contributed by atoms with Crippen LogP contribution in [0.5, 0.6) is 5.75 Å². The van der Waals surface area contributed by atoms with Crippen molar-refractivity contribution in [1.82, 2.24) is 9.80 Å². The number of allylic oxidation sites excluding steroid dienone is 5. The van der Waals surface area contributed by atoms with E-state index in [4.69, 9.17) is 4.74 Å². The van der Waals surface area contributed by atoms with Crippen LogP contribution in [-0.4, -0.2) is 43.0 Å². The van der Waals surface area contributed by atoms with Crippen molar-refractivity contribution in [3.63, 3.8) is 0 Å². The van der Waals surface area contributed by atoms with E-state index >= 15 is 0 Å². The van der Waals surface area contributed by atoms with Gasteiger partial charge in [-0.2, -0.15) is 0 Å². The molecular formula is C25H27FN2O2. The number of methoxy groups -OCH3 is 1. The lowest BCUT2D eigenvalue weighted by molar-refractivity contribution is -0.122. The van der Waals surface area contributed by atoms with Gasteiger partial charge in [0.15, 0.2) is 11.6 Å². The van der Waals surface area contributed by atoms with E-state index in [1.165, 1.54) is 18.7 Å². The molecule has 0 bridgehead atoms. The molecule has 1 aromatic rings. The average molecular weight is 407 g/mol. The second kappa shape index (κ2) is 8.44. The van der Waals surface area contributed by atoms with Crippen LogP contribution in [0.2, 0.25) is 0 Å². The topological polar surface area (TPSA) is 32.8 Å². The van der Waals surface area contributed by atoms with Crippen molar-refractivity contribution < 1.29 is 13.9 Å². The van der Waals surface area contributed by atoms with Crippen molar-refractivity contribution >= 4 is 11.5 Å². The molecule has 0 fully saturated rings. The molecule has 4 rings (SSSR count). The fraction of sp³-hybridized carbons (Fsp3) is 0.320. The quantitative estimate of drug-likeness (QED) is 0.730. The van der Waals surface area contributed by atoms with Gasteiger partial charge in [-0.05, 0) is 66.3 Å². The Morgan fingerprint density at radius 3 is 2.73 bits per heavy atom. The molecule has 0 spiro atoms. The first-order valence-electron chi connectivity index (χ1n) is 10.3. The van der Waals surface area contributed by atoms with E-state index in [1.807, 2.05) is 18.3 Å². The molecule has 1 aromatic carbocycles. The summed E-state index contributed by atoms with van der Waals surface area (Å²) in [6, 6.07) is 4.86. The summed E-state index contributed by atoms with van der Waals surface area (Å²) in [6.45, 7) is 3.99. The molecule has 0 aliphatic carbocycles. The zero-order valence-corrected chi connectivity index (χ0v) is 17.7. The number of ether oxygens (including phenoxy) is 1. The molecular weight excluding hydrogens is 379 g/mol. The molecule has 0 saturated carbocycles. The second-order valence-electron chi connectivity index (χ2n) is 8.08. The first kappa shape index (κ1) is 20.4. The van der Waals surface area contributed by atoms with Gasteiger partial charge in [-0.25, -0.2) is 4.39 Å². The van der Waals surface area contributed by atoms with Crippen molar-refractivity contribution in [3.8, 4) is 5.75 Å². The number of likely N-dealkylation sites (N-methyl/N-ethyl adjacent to an activating group) is 1. The fourth-order valence-electron chi connectivity index (χ4n) is 4.08. The van der Waals surface area contributed by atoms with Crippen LogP contribution >= 0.6 is 0 Å². The molecule has 0 N–H and O–H groups in total. The number of benzene rings is 1. The number of hydrogen-bond donors (Lipinski definition) is 0. The Balaban J connectivity index is 1.67. The smallest absolute Gasteiger partial charge is 0.255 e. The maximum atomic E-state index is 14.3. The molecule has 1 amide bonds. The summed E-state index contributed by atoms with van der Waals surface area (Å²) in [5.41, 5.74) is 4.78. The summed E-state index contributed by atoms with van der Waals surface area (Å²) in [6.07, 6.45) is 13.7. The van der Waals surface area contributed by atoms with Gasteiger partial charge < -0.3 is 9.64 Å². The molecule has 3 heterocycles. The number of hydrogen-bond acceptors (Lipinski definition) is 3. The Bertz CT molecular complexity index is 1020. The van der Waals surface area contributed by atoms with E-state index in [9.17, 15) is 9.18 Å². The van der Waals surface area contributed by atoms with Crippen molar-refractivity contribution in [2.45, 2.75) is 19.8 Å². The predicted octanol–water partition coefficient (Wildman–Crippen LogP) is 4.69. The predicted molar refractivity (Wildman–Crippen MR) is 117 cm³/mol. The van der Waals surface area contributed by atoms with Gasteiger partial charge in [0.05, 0.1) is 7.11 Å². The van der Waals surface area contributed by atoms with E-state index in [0.717, 1.165) is 42.8 Å². The minimum absolute atomic E-state index is 0.0896. The molecule has 4 nitrogen and oxygen atoms in total. The van der Waals surface area contributed by atoms with Crippen molar-refractivity contribution in [1.29, 1.82) is 0 Å². The minimum atomic E-state index is -0.425. The van der Waals surface area contributed by atoms with Gasteiger partial charge in [-0.15, -0.1) is 0 Å². The third-order valence-corrected chi connectivity index (χ3v) is 5.98. The number of fused-ring (bicyclic) bond motifs is 1. The van der Waals surface area contributed by atoms with Crippen LogP contribution in [0.3, 0.4) is 0 Å². The molecule has 0 radical (unpaired) electrons. The van der Waals surface area contributed by atoms with E-state index < -0.39 is 5.82 Å². The lowest BCUT2D eigenvalue weighted by Crippen LogP contribution is -2.28. The number of amides is 1. The summed E-state index contributed by atoms with van der Waals surface area (Å²) in [5.74, 6) is -0.251. The standard InChI is InChI=1S/C25H27FN2O2/c1-17-4-7-21-8-5-20(18-10-12-27(2)13-11-18)16-28(21)25(29)15-22(17)19-6-9-24(30-3)23(26)14-19/h5-10,14-17H,4,11-13H2,1-3H3. The molecule has 0 aromatic heterocycles. The third-order valence-electron chi connectivity index (χ3n) is 5.98. The Morgan fingerprint density at radius 2 is 2.03 bits per heavy atom. The summed E-state index contributed by atoms with van der Waals surface area (Å²) < 4.78 is 19.3. The molecule has 3 aliphatic rings. The van der Waals surface area contributed by atoms with Crippen LogP contribution in [0.15, 0.2) is 71.6 Å².